The standard InChI is InChI=1S/C16H23F2N/c1-10(2)12-4-6-13(7-5-12)19-16-9-14(17)11(3)8-15(16)18/h8-10,12-13,19H,4-7H2,1-3H3. The van der Waals surface area contributed by atoms with Gasteiger partial charge < -0.3 is 5.32 Å². The van der Waals surface area contributed by atoms with E-state index in [0.29, 0.717) is 11.3 Å². The smallest absolute Gasteiger partial charge is 0.146 e. The van der Waals surface area contributed by atoms with Gasteiger partial charge in [0.05, 0.1) is 5.69 Å². The zero-order valence-electron chi connectivity index (χ0n) is 12.0. The van der Waals surface area contributed by atoms with Crippen LogP contribution in [0, 0.1) is 30.4 Å². The molecule has 1 fully saturated rings. The Morgan fingerprint density at radius 3 is 2.26 bits per heavy atom. The molecule has 0 heterocycles. The summed E-state index contributed by atoms with van der Waals surface area (Å²) in [6.07, 6.45) is 4.42. The molecule has 1 N–H and O–H groups in total. The van der Waals surface area contributed by atoms with Crippen LogP contribution in [-0.2, 0) is 0 Å². The molecule has 0 saturated heterocycles. The van der Waals surface area contributed by atoms with Gasteiger partial charge in [0.25, 0.3) is 0 Å². The number of anilines is 1. The Labute approximate surface area is 114 Å². The van der Waals surface area contributed by atoms with Crippen molar-refractivity contribution in [2.45, 2.75) is 52.5 Å². The van der Waals surface area contributed by atoms with Crippen molar-refractivity contribution >= 4 is 5.69 Å². The molecule has 1 aliphatic rings. The fourth-order valence-electron chi connectivity index (χ4n) is 2.91. The van der Waals surface area contributed by atoms with Crippen LogP contribution in [0.5, 0.6) is 0 Å². The van der Waals surface area contributed by atoms with Gasteiger partial charge in [0.15, 0.2) is 0 Å². The van der Waals surface area contributed by atoms with Crippen LogP contribution in [0.2, 0.25) is 0 Å². The molecule has 3 heteroatoms. The lowest BCUT2D eigenvalue weighted by atomic mass is 9.79. The van der Waals surface area contributed by atoms with Gasteiger partial charge in [0.1, 0.15) is 11.6 Å². The first-order valence-corrected chi connectivity index (χ1v) is 7.19. The topological polar surface area (TPSA) is 12.0 Å². The predicted octanol–water partition coefficient (Wildman–Crippen LogP) is 4.90. The van der Waals surface area contributed by atoms with Crippen LogP contribution in [-0.4, -0.2) is 6.04 Å². The highest BCUT2D eigenvalue weighted by atomic mass is 19.1. The van der Waals surface area contributed by atoms with Gasteiger partial charge >= 0.3 is 0 Å². The van der Waals surface area contributed by atoms with Gasteiger partial charge in [-0.15, -0.1) is 0 Å². The maximum atomic E-state index is 13.8. The minimum atomic E-state index is -0.357. The maximum Gasteiger partial charge on any atom is 0.146 e. The maximum absolute atomic E-state index is 13.8. The zero-order chi connectivity index (χ0) is 14.0. The molecule has 2 rings (SSSR count). The number of hydrogen-bond donors (Lipinski definition) is 1. The third-order valence-corrected chi connectivity index (χ3v) is 4.32. The molecule has 1 aromatic carbocycles. The van der Waals surface area contributed by atoms with Crippen molar-refractivity contribution in [3.05, 3.63) is 29.3 Å². The Bertz CT molecular complexity index is 435. The predicted molar refractivity (Wildman–Crippen MR) is 75.3 cm³/mol. The largest absolute Gasteiger partial charge is 0.380 e. The lowest BCUT2D eigenvalue weighted by molar-refractivity contribution is 0.266. The van der Waals surface area contributed by atoms with E-state index in [9.17, 15) is 8.78 Å². The Morgan fingerprint density at radius 2 is 1.68 bits per heavy atom. The summed E-state index contributed by atoms with van der Waals surface area (Å²) in [4.78, 5) is 0. The molecule has 0 spiro atoms. The van der Waals surface area contributed by atoms with Crippen molar-refractivity contribution < 1.29 is 8.78 Å². The Balaban J connectivity index is 1.98. The monoisotopic (exact) mass is 267 g/mol. The van der Waals surface area contributed by atoms with Gasteiger partial charge in [-0.3, -0.25) is 0 Å². The molecule has 0 amide bonds. The fourth-order valence-corrected chi connectivity index (χ4v) is 2.91. The van der Waals surface area contributed by atoms with Gasteiger partial charge in [0.2, 0.25) is 0 Å². The molecule has 0 bridgehead atoms. The van der Waals surface area contributed by atoms with E-state index in [1.54, 1.807) is 6.92 Å². The lowest BCUT2D eigenvalue weighted by Crippen LogP contribution is -2.28. The summed E-state index contributed by atoms with van der Waals surface area (Å²) in [5.41, 5.74) is 0.655. The molecule has 1 saturated carbocycles. The van der Waals surface area contributed by atoms with Crippen molar-refractivity contribution in [2.75, 3.05) is 5.32 Å². The number of hydrogen-bond acceptors (Lipinski definition) is 1. The number of halogens is 2. The molecule has 0 unspecified atom stereocenters. The molecule has 0 radical (unpaired) electrons. The van der Waals surface area contributed by atoms with Gasteiger partial charge in [-0.2, -0.15) is 0 Å². The van der Waals surface area contributed by atoms with E-state index in [2.05, 4.69) is 19.2 Å². The first-order chi connectivity index (χ1) is 8.97. The Kier molecular flexibility index (Phi) is 4.43. The van der Waals surface area contributed by atoms with E-state index < -0.39 is 0 Å². The number of nitrogens with one attached hydrogen (secondary N) is 1. The lowest BCUT2D eigenvalue weighted by Gasteiger charge is -2.32. The molecule has 1 aliphatic carbocycles. The summed E-state index contributed by atoms with van der Waals surface area (Å²) in [7, 11) is 0. The zero-order valence-corrected chi connectivity index (χ0v) is 12.0. The van der Waals surface area contributed by atoms with Crippen molar-refractivity contribution in [2.24, 2.45) is 11.8 Å². The van der Waals surface area contributed by atoms with E-state index in [1.165, 1.54) is 25.0 Å². The molecule has 1 nitrogen and oxygen atoms in total. The highest BCUT2D eigenvalue weighted by Gasteiger charge is 2.23. The first kappa shape index (κ1) is 14.3. The molecule has 0 aliphatic heterocycles. The van der Waals surface area contributed by atoms with Crippen LogP contribution in [0.15, 0.2) is 12.1 Å². The van der Waals surface area contributed by atoms with Crippen molar-refractivity contribution in [1.29, 1.82) is 0 Å². The molecular weight excluding hydrogens is 244 g/mol. The number of aryl methyl sites for hydroxylation is 1. The van der Waals surface area contributed by atoms with Crippen LogP contribution in [0.1, 0.15) is 45.1 Å². The minimum Gasteiger partial charge on any atom is -0.380 e. The highest BCUT2D eigenvalue weighted by Crippen LogP contribution is 2.32. The van der Waals surface area contributed by atoms with Gasteiger partial charge in [0, 0.05) is 12.1 Å². The quantitative estimate of drug-likeness (QED) is 0.821. The summed E-state index contributed by atoms with van der Waals surface area (Å²) >= 11 is 0. The Morgan fingerprint density at radius 1 is 1.05 bits per heavy atom. The Hall–Kier alpha value is -1.12. The second kappa shape index (κ2) is 5.89. The van der Waals surface area contributed by atoms with Crippen molar-refractivity contribution in [3.8, 4) is 0 Å². The molecular formula is C16H23F2N. The summed E-state index contributed by atoms with van der Waals surface area (Å²) in [5, 5.41) is 3.16. The minimum absolute atomic E-state index is 0.270. The second-order valence-corrected chi connectivity index (χ2v) is 6.08. The number of benzene rings is 1. The van der Waals surface area contributed by atoms with Crippen LogP contribution >= 0.6 is 0 Å². The van der Waals surface area contributed by atoms with Crippen LogP contribution in [0.25, 0.3) is 0 Å². The SMILES string of the molecule is Cc1cc(F)c(NC2CCC(C(C)C)CC2)cc1F. The molecule has 0 aromatic heterocycles. The summed E-state index contributed by atoms with van der Waals surface area (Å²) < 4.78 is 27.2. The third kappa shape index (κ3) is 3.46. The highest BCUT2D eigenvalue weighted by molar-refractivity contribution is 5.47. The number of rotatable bonds is 3. The molecule has 19 heavy (non-hydrogen) atoms. The average molecular weight is 267 g/mol. The van der Waals surface area contributed by atoms with Crippen LogP contribution < -0.4 is 5.32 Å². The second-order valence-electron chi connectivity index (χ2n) is 6.08. The van der Waals surface area contributed by atoms with E-state index in [1.807, 2.05) is 0 Å². The van der Waals surface area contributed by atoms with Crippen molar-refractivity contribution in [3.63, 3.8) is 0 Å². The van der Waals surface area contributed by atoms with Crippen LogP contribution in [0.4, 0.5) is 14.5 Å². The first-order valence-electron chi connectivity index (χ1n) is 7.19. The summed E-state index contributed by atoms with van der Waals surface area (Å²) in [5.74, 6) is 0.789. The van der Waals surface area contributed by atoms with Crippen molar-refractivity contribution in [1.82, 2.24) is 0 Å². The van der Waals surface area contributed by atoms with E-state index in [-0.39, 0.29) is 17.7 Å². The molecule has 0 atom stereocenters. The third-order valence-electron chi connectivity index (χ3n) is 4.32. The van der Waals surface area contributed by atoms with Gasteiger partial charge in [-0.05, 0) is 56.1 Å². The van der Waals surface area contributed by atoms with E-state index >= 15 is 0 Å². The summed E-state index contributed by atoms with van der Waals surface area (Å²) in [6.45, 7) is 6.09. The molecule has 106 valence electrons. The normalized spacial score (nSPS) is 23.7. The van der Waals surface area contributed by atoms with E-state index in [4.69, 9.17) is 0 Å². The summed E-state index contributed by atoms with van der Waals surface area (Å²) in [6, 6.07) is 2.81. The van der Waals surface area contributed by atoms with Gasteiger partial charge in [-0.25, -0.2) is 8.78 Å². The fraction of sp³-hybridized carbons (Fsp3) is 0.625. The average Bonchev–Trinajstić information content (AvgIpc) is 2.36. The van der Waals surface area contributed by atoms with Crippen LogP contribution in [0.3, 0.4) is 0 Å². The van der Waals surface area contributed by atoms with Gasteiger partial charge in [-0.1, -0.05) is 13.8 Å². The molecule has 1 aromatic rings. The van der Waals surface area contributed by atoms with E-state index in [0.717, 1.165) is 24.7 Å².